The first-order valence-corrected chi connectivity index (χ1v) is 9.02. The minimum absolute atomic E-state index is 0.613. The Morgan fingerprint density at radius 3 is 2.30 bits per heavy atom. The standard InChI is InChI=1S/C13H28N4O2S/c1-14-12-13-4-8-17(9-5-13)20(18,19)16-7-3-6-15(2)10-11-16/h13-14H,3-12H2,1-2H3. The van der Waals surface area contributed by atoms with Crippen molar-refractivity contribution < 1.29 is 8.42 Å². The molecule has 0 radical (unpaired) electrons. The zero-order valence-electron chi connectivity index (χ0n) is 12.7. The number of rotatable bonds is 4. The minimum Gasteiger partial charge on any atom is -0.319 e. The maximum Gasteiger partial charge on any atom is 0.282 e. The van der Waals surface area contributed by atoms with E-state index in [-0.39, 0.29) is 0 Å². The summed E-state index contributed by atoms with van der Waals surface area (Å²) in [6.45, 7) is 5.41. The Kier molecular flexibility index (Phi) is 5.80. The lowest BCUT2D eigenvalue weighted by Gasteiger charge is -2.34. The largest absolute Gasteiger partial charge is 0.319 e. The van der Waals surface area contributed by atoms with Gasteiger partial charge >= 0.3 is 0 Å². The first-order chi connectivity index (χ1) is 9.54. The Bertz CT molecular complexity index is 393. The fourth-order valence-electron chi connectivity index (χ4n) is 3.05. The SMILES string of the molecule is CNCC1CCN(S(=O)(=O)N2CCCN(C)CC2)CC1. The Morgan fingerprint density at radius 1 is 1.00 bits per heavy atom. The summed E-state index contributed by atoms with van der Waals surface area (Å²) < 4.78 is 28.7. The summed E-state index contributed by atoms with van der Waals surface area (Å²) in [6, 6.07) is 0. The zero-order chi connectivity index (χ0) is 14.6. The molecular formula is C13H28N4O2S. The Labute approximate surface area is 123 Å². The molecule has 2 rings (SSSR count). The summed E-state index contributed by atoms with van der Waals surface area (Å²) in [4.78, 5) is 2.20. The van der Waals surface area contributed by atoms with E-state index in [9.17, 15) is 8.42 Å². The second kappa shape index (κ2) is 7.17. The van der Waals surface area contributed by atoms with Gasteiger partial charge in [-0.1, -0.05) is 0 Å². The lowest BCUT2D eigenvalue weighted by atomic mass is 9.98. The Balaban J connectivity index is 1.93. The molecule has 0 aliphatic carbocycles. The highest BCUT2D eigenvalue weighted by atomic mass is 32.2. The van der Waals surface area contributed by atoms with Gasteiger partial charge in [-0.05, 0) is 52.4 Å². The van der Waals surface area contributed by atoms with Gasteiger partial charge in [-0.15, -0.1) is 0 Å². The molecule has 0 aromatic rings. The number of hydrogen-bond acceptors (Lipinski definition) is 4. The van der Waals surface area contributed by atoms with Crippen molar-refractivity contribution in [2.24, 2.45) is 5.92 Å². The number of nitrogens with zero attached hydrogens (tertiary/aromatic N) is 3. The first kappa shape index (κ1) is 16.2. The molecule has 0 bridgehead atoms. The first-order valence-electron chi connectivity index (χ1n) is 7.62. The quantitative estimate of drug-likeness (QED) is 0.781. The molecular weight excluding hydrogens is 276 g/mol. The maximum atomic E-state index is 12.7. The van der Waals surface area contributed by atoms with Crippen LogP contribution in [0.3, 0.4) is 0 Å². The van der Waals surface area contributed by atoms with E-state index < -0.39 is 10.2 Å². The number of hydrogen-bond donors (Lipinski definition) is 1. The van der Waals surface area contributed by atoms with Crippen molar-refractivity contribution in [2.75, 3.05) is 59.9 Å². The molecule has 2 fully saturated rings. The van der Waals surface area contributed by atoms with E-state index in [1.54, 1.807) is 8.61 Å². The third-order valence-electron chi connectivity index (χ3n) is 4.40. The summed E-state index contributed by atoms with van der Waals surface area (Å²) in [6.07, 6.45) is 2.85. The minimum atomic E-state index is -3.25. The molecule has 2 aliphatic heterocycles. The van der Waals surface area contributed by atoms with Crippen molar-refractivity contribution >= 4 is 10.2 Å². The predicted octanol–water partition coefficient (Wildman–Crippen LogP) is -0.200. The molecule has 118 valence electrons. The number of piperidine rings is 1. The zero-order valence-corrected chi connectivity index (χ0v) is 13.5. The van der Waals surface area contributed by atoms with Crippen molar-refractivity contribution in [1.29, 1.82) is 0 Å². The monoisotopic (exact) mass is 304 g/mol. The summed E-state index contributed by atoms with van der Waals surface area (Å²) in [7, 11) is 0.759. The lowest BCUT2D eigenvalue weighted by molar-refractivity contribution is 0.251. The van der Waals surface area contributed by atoms with E-state index in [4.69, 9.17) is 0 Å². The average molecular weight is 304 g/mol. The summed E-state index contributed by atoms with van der Waals surface area (Å²) in [5, 5.41) is 3.18. The Hall–Kier alpha value is -0.210. The third kappa shape index (κ3) is 3.92. The van der Waals surface area contributed by atoms with Gasteiger partial charge in [-0.3, -0.25) is 0 Å². The third-order valence-corrected chi connectivity index (χ3v) is 6.43. The fraction of sp³-hybridized carbons (Fsp3) is 1.00. The molecule has 0 spiro atoms. The average Bonchev–Trinajstić information content (AvgIpc) is 2.65. The van der Waals surface area contributed by atoms with Crippen LogP contribution in [0.5, 0.6) is 0 Å². The summed E-state index contributed by atoms with van der Waals surface area (Å²) in [5.41, 5.74) is 0. The van der Waals surface area contributed by atoms with Crippen LogP contribution in [0.2, 0.25) is 0 Å². The van der Waals surface area contributed by atoms with Crippen molar-refractivity contribution in [1.82, 2.24) is 18.8 Å². The van der Waals surface area contributed by atoms with Crippen LogP contribution in [0.4, 0.5) is 0 Å². The predicted molar refractivity (Wildman–Crippen MR) is 80.8 cm³/mol. The van der Waals surface area contributed by atoms with Crippen LogP contribution in [-0.2, 0) is 10.2 Å². The molecule has 0 aromatic heterocycles. The van der Waals surface area contributed by atoms with Crippen LogP contribution in [0.1, 0.15) is 19.3 Å². The van der Waals surface area contributed by atoms with Crippen molar-refractivity contribution in [3.63, 3.8) is 0 Å². The topological polar surface area (TPSA) is 55.9 Å². The molecule has 2 aliphatic rings. The van der Waals surface area contributed by atoms with Gasteiger partial charge in [0, 0.05) is 32.7 Å². The van der Waals surface area contributed by atoms with E-state index in [0.29, 0.717) is 32.1 Å². The van der Waals surface area contributed by atoms with E-state index >= 15 is 0 Å². The second-order valence-corrected chi connectivity index (χ2v) is 7.89. The van der Waals surface area contributed by atoms with Crippen LogP contribution < -0.4 is 5.32 Å². The molecule has 6 nitrogen and oxygen atoms in total. The van der Waals surface area contributed by atoms with Crippen LogP contribution in [0.25, 0.3) is 0 Å². The normalized spacial score (nSPS) is 25.7. The van der Waals surface area contributed by atoms with Crippen molar-refractivity contribution in [3.8, 4) is 0 Å². The Morgan fingerprint density at radius 2 is 1.65 bits per heavy atom. The van der Waals surface area contributed by atoms with Crippen molar-refractivity contribution in [3.05, 3.63) is 0 Å². The molecule has 0 atom stereocenters. The van der Waals surface area contributed by atoms with Crippen LogP contribution in [0.15, 0.2) is 0 Å². The molecule has 7 heteroatoms. The molecule has 0 saturated carbocycles. The highest BCUT2D eigenvalue weighted by Crippen LogP contribution is 2.21. The van der Waals surface area contributed by atoms with Gasteiger partial charge in [0.05, 0.1) is 0 Å². The van der Waals surface area contributed by atoms with Gasteiger partial charge in [0.1, 0.15) is 0 Å². The maximum absolute atomic E-state index is 12.7. The van der Waals surface area contributed by atoms with Crippen molar-refractivity contribution in [2.45, 2.75) is 19.3 Å². The second-order valence-electron chi connectivity index (χ2n) is 5.96. The molecule has 0 amide bonds. The van der Waals surface area contributed by atoms with Gasteiger partial charge in [0.15, 0.2) is 0 Å². The number of nitrogens with one attached hydrogen (secondary N) is 1. The smallest absolute Gasteiger partial charge is 0.282 e. The molecule has 2 saturated heterocycles. The lowest BCUT2D eigenvalue weighted by Crippen LogP contribution is -2.48. The van der Waals surface area contributed by atoms with Gasteiger partial charge in [0.25, 0.3) is 10.2 Å². The summed E-state index contributed by atoms with van der Waals surface area (Å²) in [5.74, 6) is 0.613. The van der Waals surface area contributed by atoms with Gasteiger partial charge in [-0.25, -0.2) is 0 Å². The van der Waals surface area contributed by atoms with Crippen LogP contribution >= 0.6 is 0 Å². The van der Waals surface area contributed by atoms with Gasteiger partial charge in [-0.2, -0.15) is 17.0 Å². The molecule has 0 aromatic carbocycles. The van der Waals surface area contributed by atoms with Crippen LogP contribution in [0, 0.1) is 5.92 Å². The molecule has 0 unspecified atom stereocenters. The van der Waals surface area contributed by atoms with E-state index in [1.807, 2.05) is 7.05 Å². The number of likely N-dealkylation sites (N-methyl/N-ethyl adjacent to an activating group) is 1. The van der Waals surface area contributed by atoms with Gasteiger partial charge in [0.2, 0.25) is 0 Å². The van der Waals surface area contributed by atoms with E-state index in [1.165, 1.54) is 0 Å². The molecule has 2 heterocycles. The highest BCUT2D eigenvalue weighted by Gasteiger charge is 2.33. The van der Waals surface area contributed by atoms with Crippen LogP contribution in [-0.4, -0.2) is 81.8 Å². The summed E-state index contributed by atoms with van der Waals surface area (Å²) >= 11 is 0. The molecule has 20 heavy (non-hydrogen) atoms. The van der Waals surface area contributed by atoms with E-state index in [0.717, 1.165) is 38.9 Å². The fourth-order valence-corrected chi connectivity index (χ4v) is 4.72. The van der Waals surface area contributed by atoms with Gasteiger partial charge < -0.3 is 10.2 Å². The highest BCUT2D eigenvalue weighted by molar-refractivity contribution is 7.86. The van der Waals surface area contributed by atoms with E-state index in [2.05, 4.69) is 17.3 Å². The molecule has 1 N–H and O–H groups in total.